The van der Waals surface area contributed by atoms with Crippen LogP contribution in [0.3, 0.4) is 0 Å². The number of nitrogens with zero attached hydrogens (tertiary/aromatic N) is 2. The number of rotatable bonds is 3. The van der Waals surface area contributed by atoms with Gasteiger partial charge in [-0.3, -0.25) is 0 Å². The first-order valence-corrected chi connectivity index (χ1v) is 10.3. The number of fused-ring (bicyclic) bond motifs is 1. The topological polar surface area (TPSA) is 96.8 Å². The Balaban J connectivity index is 2.14. The fourth-order valence-corrected chi connectivity index (χ4v) is 5.29. The number of nitrogens with two attached hydrogens (primary N) is 1. The van der Waals surface area contributed by atoms with Crippen LogP contribution in [0, 0.1) is 11.3 Å². The zero-order chi connectivity index (χ0) is 19.0. The summed E-state index contributed by atoms with van der Waals surface area (Å²) in [6.45, 7) is 0. The Morgan fingerprint density at radius 1 is 1.00 bits per heavy atom. The van der Waals surface area contributed by atoms with E-state index in [4.69, 9.17) is 5.73 Å². The molecule has 0 aliphatic heterocycles. The number of nitriles is 1. The number of benzene rings is 2. The largest absolute Gasteiger partial charge is 0.396 e. The Kier molecular flexibility index (Phi) is 4.15. The van der Waals surface area contributed by atoms with Crippen LogP contribution in [0.5, 0.6) is 0 Å². The van der Waals surface area contributed by atoms with Crippen molar-refractivity contribution in [2.45, 2.75) is 9.79 Å². The van der Waals surface area contributed by atoms with E-state index in [1.54, 1.807) is 30.3 Å². The van der Waals surface area contributed by atoms with E-state index >= 15 is 0 Å². The molecule has 7 heteroatoms. The van der Waals surface area contributed by atoms with E-state index in [0.717, 1.165) is 11.3 Å². The van der Waals surface area contributed by atoms with Gasteiger partial charge in [-0.05, 0) is 17.7 Å². The van der Waals surface area contributed by atoms with Crippen molar-refractivity contribution in [2.24, 2.45) is 0 Å². The molecule has 0 bridgehead atoms. The quantitative estimate of drug-likeness (QED) is 0.563. The Bertz CT molecular complexity index is 1290. The van der Waals surface area contributed by atoms with Gasteiger partial charge in [0.25, 0.3) is 0 Å². The molecule has 2 aromatic heterocycles. The molecule has 0 radical (unpaired) electrons. The van der Waals surface area contributed by atoms with Gasteiger partial charge in [0.15, 0.2) is 0 Å². The highest BCUT2D eigenvalue weighted by Gasteiger charge is 2.27. The van der Waals surface area contributed by atoms with Gasteiger partial charge in [0.1, 0.15) is 15.8 Å². The maximum absolute atomic E-state index is 13.3. The molecule has 0 atom stereocenters. The standard InChI is InChI=1S/C20H13N3O2S2/c21-11-15-19(22)18-17(13-7-3-1-4-8-13)16(12-23-20(18)26-15)27(24,25)14-9-5-2-6-10-14/h1-10,12H,22H2. The van der Waals surface area contributed by atoms with Crippen molar-refractivity contribution < 1.29 is 8.42 Å². The summed E-state index contributed by atoms with van der Waals surface area (Å²) in [6.07, 6.45) is 1.35. The van der Waals surface area contributed by atoms with Crippen molar-refractivity contribution in [3.63, 3.8) is 0 Å². The third kappa shape index (κ3) is 2.76. The first kappa shape index (κ1) is 17.2. The van der Waals surface area contributed by atoms with Gasteiger partial charge in [0.05, 0.1) is 15.5 Å². The van der Waals surface area contributed by atoms with E-state index < -0.39 is 9.84 Å². The van der Waals surface area contributed by atoms with E-state index in [1.165, 1.54) is 6.20 Å². The lowest BCUT2D eigenvalue weighted by molar-refractivity contribution is 0.596. The number of thiophene rings is 1. The summed E-state index contributed by atoms with van der Waals surface area (Å²) in [7, 11) is -3.82. The normalized spacial score (nSPS) is 11.4. The maximum Gasteiger partial charge on any atom is 0.208 e. The van der Waals surface area contributed by atoms with E-state index in [9.17, 15) is 13.7 Å². The van der Waals surface area contributed by atoms with Crippen LogP contribution in [-0.2, 0) is 9.84 Å². The number of sulfone groups is 1. The highest BCUT2D eigenvalue weighted by Crippen LogP contribution is 2.43. The van der Waals surface area contributed by atoms with Gasteiger partial charge in [-0.25, -0.2) is 13.4 Å². The number of pyridine rings is 1. The molecule has 0 unspecified atom stereocenters. The van der Waals surface area contributed by atoms with Crippen LogP contribution in [-0.4, -0.2) is 13.4 Å². The third-order valence-corrected chi connectivity index (χ3v) is 7.03. The second kappa shape index (κ2) is 6.50. The zero-order valence-corrected chi connectivity index (χ0v) is 15.6. The molecule has 0 amide bonds. The van der Waals surface area contributed by atoms with Crippen LogP contribution in [0.15, 0.2) is 76.7 Å². The van der Waals surface area contributed by atoms with Crippen LogP contribution < -0.4 is 5.73 Å². The summed E-state index contributed by atoms with van der Waals surface area (Å²) in [5.74, 6) is 0. The lowest BCUT2D eigenvalue weighted by Crippen LogP contribution is -2.05. The molecule has 0 fully saturated rings. The summed E-state index contributed by atoms with van der Waals surface area (Å²) in [6, 6.07) is 19.4. The van der Waals surface area contributed by atoms with Gasteiger partial charge in [0, 0.05) is 17.1 Å². The van der Waals surface area contributed by atoms with Crippen LogP contribution in [0.4, 0.5) is 5.69 Å². The molecular weight excluding hydrogens is 378 g/mol. The fraction of sp³-hybridized carbons (Fsp3) is 0. The molecular formula is C20H13N3O2S2. The van der Waals surface area contributed by atoms with Crippen molar-refractivity contribution in [3.05, 3.63) is 71.7 Å². The van der Waals surface area contributed by atoms with E-state index in [1.807, 2.05) is 30.3 Å². The first-order valence-electron chi connectivity index (χ1n) is 8.00. The molecule has 2 aromatic carbocycles. The Morgan fingerprint density at radius 2 is 1.63 bits per heavy atom. The van der Waals surface area contributed by atoms with Crippen molar-refractivity contribution in [1.29, 1.82) is 5.26 Å². The van der Waals surface area contributed by atoms with Crippen LogP contribution in [0.2, 0.25) is 0 Å². The van der Waals surface area contributed by atoms with Crippen molar-refractivity contribution >= 4 is 37.1 Å². The van der Waals surface area contributed by atoms with Gasteiger partial charge < -0.3 is 5.73 Å². The second-order valence-electron chi connectivity index (χ2n) is 5.82. The Labute approximate surface area is 160 Å². The molecule has 2 heterocycles. The van der Waals surface area contributed by atoms with Gasteiger partial charge in [-0.1, -0.05) is 48.5 Å². The lowest BCUT2D eigenvalue weighted by atomic mass is 10.0. The molecule has 0 spiro atoms. The van der Waals surface area contributed by atoms with Crippen LogP contribution in [0.1, 0.15) is 4.88 Å². The Hall–Kier alpha value is -3.21. The smallest absolute Gasteiger partial charge is 0.208 e. The van der Waals surface area contributed by atoms with Crippen molar-refractivity contribution in [1.82, 2.24) is 4.98 Å². The molecule has 4 rings (SSSR count). The average molecular weight is 391 g/mol. The van der Waals surface area contributed by atoms with Crippen molar-refractivity contribution in [3.8, 4) is 17.2 Å². The number of nitrogen functional groups attached to an aromatic ring is 1. The SMILES string of the molecule is N#Cc1sc2ncc(S(=O)(=O)c3ccccc3)c(-c3ccccc3)c2c1N. The third-order valence-electron chi connectivity index (χ3n) is 4.23. The lowest BCUT2D eigenvalue weighted by Gasteiger charge is -2.12. The van der Waals surface area contributed by atoms with Gasteiger partial charge in [0.2, 0.25) is 9.84 Å². The van der Waals surface area contributed by atoms with Crippen LogP contribution >= 0.6 is 11.3 Å². The van der Waals surface area contributed by atoms with E-state index in [2.05, 4.69) is 11.1 Å². The molecule has 0 saturated carbocycles. The number of aromatic nitrogens is 1. The summed E-state index contributed by atoms with van der Waals surface area (Å²) in [5.41, 5.74) is 7.62. The van der Waals surface area contributed by atoms with Crippen LogP contribution in [0.25, 0.3) is 21.3 Å². The second-order valence-corrected chi connectivity index (χ2v) is 8.73. The van der Waals surface area contributed by atoms with Gasteiger partial charge >= 0.3 is 0 Å². The van der Waals surface area contributed by atoms with E-state index in [0.29, 0.717) is 26.2 Å². The summed E-state index contributed by atoms with van der Waals surface area (Å²) in [5, 5.41) is 9.82. The van der Waals surface area contributed by atoms with Crippen molar-refractivity contribution in [2.75, 3.05) is 5.73 Å². The predicted octanol–water partition coefficient (Wildman–Crippen LogP) is 4.25. The highest BCUT2D eigenvalue weighted by atomic mass is 32.2. The zero-order valence-electron chi connectivity index (χ0n) is 14.0. The minimum absolute atomic E-state index is 0.0707. The molecule has 5 nitrogen and oxygen atoms in total. The van der Waals surface area contributed by atoms with Gasteiger partial charge in [-0.2, -0.15) is 5.26 Å². The Morgan fingerprint density at radius 3 is 2.26 bits per heavy atom. The van der Waals surface area contributed by atoms with E-state index in [-0.39, 0.29) is 15.5 Å². The first-order chi connectivity index (χ1) is 13.0. The molecule has 2 N–H and O–H groups in total. The minimum Gasteiger partial charge on any atom is -0.396 e. The minimum atomic E-state index is -3.82. The molecule has 27 heavy (non-hydrogen) atoms. The summed E-state index contributed by atoms with van der Waals surface area (Å²) < 4.78 is 26.6. The summed E-state index contributed by atoms with van der Waals surface area (Å²) in [4.78, 5) is 5.41. The molecule has 132 valence electrons. The molecule has 0 saturated heterocycles. The highest BCUT2D eigenvalue weighted by molar-refractivity contribution is 7.91. The monoisotopic (exact) mass is 391 g/mol. The fourth-order valence-electron chi connectivity index (χ4n) is 2.97. The number of hydrogen-bond acceptors (Lipinski definition) is 6. The molecule has 0 aliphatic carbocycles. The number of anilines is 1. The molecule has 4 aromatic rings. The predicted molar refractivity (Wildman–Crippen MR) is 106 cm³/mol. The summed E-state index contributed by atoms with van der Waals surface area (Å²) >= 11 is 1.16. The molecule has 0 aliphatic rings. The maximum atomic E-state index is 13.3. The van der Waals surface area contributed by atoms with Gasteiger partial charge in [-0.15, -0.1) is 11.3 Å². The number of hydrogen-bond donors (Lipinski definition) is 1. The average Bonchev–Trinajstić information content (AvgIpc) is 3.04.